The minimum absolute atomic E-state index is 0.0745. The molecule has 2 aromatic rings. The molecule has 1 aliphatic rings. The number of para-hydroxylation sites is 1. The van der Waals surface area contributed by atoms with Crippen LogP contribution in [0.15, 0.2) is 59.5 Å². The van der Waals surface area contributed by atoms with Gasteiger partial charge in [0.15, 0.2) is 9.84 Å². The number of benzene rings is 2. The second kappa shape index (κ2) is 7.89. The average molecular weight is 361 g/mol. The molecule has 5 nitrogen and oxygen atoms in total. The van der Waals surface area contributed by atoms with E-state index in [2.05, 4.69) is 4.90 Å². The van der Waals surface area contributed by atoms with Gasteiger partial charge in [0.05, 0.1) is 16.8 Å². The molecule has 0 bridgehead atoms. The van der Waals surface area contributed by atoms with Crippen molar-refractivity contribution in [2.45, 2.75) is 23.0 Å². The summed E-state index contributed by atoms with van der Waals surface area (Å²) in [5.41, 5.74) is 0. The number of rotatable bonds is 7. The standard InChI is InChI=1S/C19H23NO4S/c21-16-7-9-18(10-8-16)25(22,23)19-11-13-20(15-19)12-4-14-24-17-5-2-1-3-6-17/h1-3,5-10,19,21H,4,11-15H2. The largest absolute Gasteiger partial charge is 0.508 e. The molecule has 0 aliphatic carbocycles. The number of hydrogen-bond acceptors (Lipinski definition) is 5. The van der Waals surface area contributed by atoms with E-state index in [0.29, 0.717) is 19.6 Å². The van der Waals surface area contributed by atoms with Gasteiger partial charge in [0.2, 0.25) is 0 Å². The molecule has 0 amide bonds. The van der Waals surface area contributed by atoms with E-state index < -0.39 is 9.84 Å². The molecule has 1 heterocycles. The van der Waals surface area contributed by atoms with Crippen LogP contribution in [0, 0.1) is 0 Å². The molecule has 3 rings (SSSR count). The summed E-state index contributed by atoms with van der Waals surface area (Å²) in [6.07, 6.45) is 1.50. The third-order valence-corrected chi connectivity index (χ3v) is 6.66. The van der Waals surface area contributed by atoms with Crippen LogP contribution in [0.3, 0.4) is 0 Å². The van der Waals surface area contributed by atoms with Crippen LogP contribution in [0.25, 0.3) is 0 Å². The third-order valence-electron chi connectivity index (χ3n) is 4.46. The van der Waals surface area contributed by atoms with Crippen molar-refractivity contribution in [3.05, 3.63) is 54.6 Å². The van der Waals surface area contributed by atoms with E-state index >= 15 is 0 Å². The van der Waals surface area contributed by atoms with Gasteiger partial charge in [0.1, 0.15) is 11.5 Å². The van der Waals surface area contributed by atoms with Crippen LogP contribution in [-0.4, -0.2) is 49.9 Å². The molecule has 1 atom stereocenters. The van der Waals surface area contributed by atoms with Gasteiger partial charge in [-0.05, 0) is 55.8 Å². The van der Waals surface area contributed by atoms with Gasteiger partial charge in [-0.1, -0.05) is 18.2 Å². The number of likely N-dealkylation sites (tertiary alicyclic amines) is 1. The minimum Gasteiger partial charge on any atom is -0.508 e. The summed E-state index contributed by atoms with van der Waals surface area (Å²) >= 11 is 0. The first-order valence-electron chi connectivity index (χ1n) is 8.49. The fraction of sp³-hybridized carbons (Fsp3) is 0.368. The van der Waals surface area contributed by atoms with E-state index in [1.54, 1.807) is 0 Å². The molecule has 1 N–H and O–H groups in total. The van der Waals surface area contributed by atoms with Gasteiger partial charge in [-0.25, -0.2) is 8.42 Å². The number of phenols is 1. The van der Waals surface area contributed by atoms with Gasteiger partial charge >= 0.3 is 0 Å². The maximum absolute atomic E-state index is 12.7. The molecule has 25 heavy (non-hydrogen) atoms. The second-order valence-corrected chi connectivity index (χ2v) is 8.49. The van der Waals surface area contributed by atoms with Crippen LogP contribution in [-0.2, 0) is 9.84 Å². The minimum atomic E-state index is -3.35. The van der Waals surface area contributed by atoms with Gasteiger partial charge in [-0.3, -0.25) is 0 Å². The van der Waals surface area contributed by atoms with E-state index in [4.69, 9.17) is 4.74 Å². The Balaban J connectivity index is 1.47. The number of hydrogen-bond donors (Lipinski definition) is 1. The lowest BCUT2D eigenvalue weighted by Gasteiger charge is -2.16. The fourth-order valence-electron chi connectivity index (χ4n) is 3.08. The first-order valence-corrected chi connectivity index (χ1v) is 10.0. The molecule has 1 unspecified atom stereocenters. The average Bonchev–Trinajstić information content (AvgIpc) is 3.10. The van der Waals surface area contributed by atoms with Crippen LogP contribution >= 0.6 is 0 Å². The van der Waals surface area contributed by atoms with Gasteiger partial charge in [-0.15, -0.1) is 0 Å². The van der Waals surface area contributed by atoms with E-state index in [1.165, 1.54) is 24.3 Å². The zero-order chi connectivity index (χ0) is 17.7. The molecule has 1 fully saturated rings. The smallest absolute Gasteiger partial charge is 0.182 e. The Morgan fingerprint density at radius 2 is 1.80 bits per heavy atom. The quantitative estimate of drug-likeness (QED) is 0.768. The predicted octanol–water partition coefficient (Wildman–Crippen LogP) is 2.71. The lowest BCUT2D eigenvalue weighted by atomic mass is 10.3. The van der Waals surface area contributed by atoms with Crippen molar-refractivity contribution in [3.8, 4) is 11.5 Å². The molecule has 0 spiro atoms. The molecule has 0 aromatic heterocycles. The van der Waals surface area contributed by atoms with E-state index in [-0.39, 0.29) is 15.9 Å². The summed E-state index contributed by atoms with van der Waals surface area (Å²) < 4.78 is 31.0. The van der Waals surface area contributed by atoms with E-state index in [0.717, 1.165) is 25.3 Å². The van der Waals surface area contributed by atoms with Gasteiger partial charge in [0, 0.05) is 13.1 Å². The lowest BCUT2D eigenvalue weighted by Crippen LogP contribution is -2.28. The Bertz CT molecular complexity index is 775. The van der Waals surface area contributed by atoms with Crippen molar-refractivity contribution < 1.29 is 18.3 Å². The predicted molar refractivity (Wildman–Crippen MR) is 96.7 cm³/mol. The zero-order valence-corrected chi connectivity index (χ0v) is 14.9. The van der Waals surface area contributed by atoms with Crippen molar-refractivity contribution in [3.63, 3.8) is 0 Å². The maximum Gasteiger partial charge on any atom is 0.182 e. The van der Waals surface area contributed by atoms with Crippen molar-refractivity contribution in [2.75, 3.05) is 26.2 Å². The maximum atomic E-state index is 12.7. The Morgan fingerprint density at radius 3 is 2.52 bits per heavy atom. The summed E-state index contributed by atoms with van der Waals surface area (Å²) in [4.78, 5) is 2.46. The number of phenolic OH excluding ortho intramolecular Hbond substituents is 1. The van der Waals surface area contributed by atoms with Crippen LogP contribution in [0.4, 0.5) is 0 Å². The number of sulfone groups is 1. The Morgan fingerprint density at radius 1 is 1.08 bits per heavy atom. The molecular formula is C19H23NO4S. The summed E-state index contributed by atoms with van der Waals surface area (Å²) in [5, 5.41) is 8.94. The zero-order valence-electron chi connectivity index (χ0n) is 14.0. The Labute approximate surface area is 148 Å². The van der Waals surface area contributed by atoms with E-state index in [9.17, 15) is 13.5 Å². The molecule has 0 saturated carbocycles. The lowest BCUT2D eigenvalue weighted by molar-refractivity contribution is 0.263. The third kappa shape index (κ3) is 4.52. The fourth-order valence-corrected chi connectivity index (χ4v) is 4.80. The monoisotopic (exact) mass is 361 g/mol. The molecule has 6 heteroatoms. The molecule has 1 saturated heterocycles. The molecule has 134 valence electrons. The highest BCUT2D eigenvalue weighted by molar-refractivity contribution is 7.92. The van der Waals surface area contributed by atoms with Crippen LogP contribution in [0.1, 0.15) is 12.8 Å². The SMILES string of the molecule is O=S(=O)(c1ccc(O)cc1)C1CCN(CCCOc2ccccc2)C1. The first-order chi connectivity index (χ1) is 12.1. The second-order valence-electron chi connectivity index (χ2n) is 6.27. The molecule has 0 radical (unpaired) electrons. The van der Waals surface area contributed by atoms with Crippen LogP contribution in [0.2, 0.25) is 0 Å². The Hall–Kier alpha value is -2.05. The first kappa shape index (κ1) is 17.8. The van der Waals surface area contributed by atoms with Gasteiger partial charge in [0.25, 0.3) is 0 Å². The molecule has 2 aromatic carbocycles. The van der Waals surface area contributed by atoms with Gasteiger partial charge in [-0.2, -0.15) is 0 Å². The molecular weight excluding hydrogens is 338 g/mol. The van der Waals surface area contributed by atoms with Crippen molar-refractivity contribution in [2.24, 2.45) is 0 Å². The number of ether oxygens (including phenoxy) is 1. The van der Waals surface area contributed by atoms with Crippen LogP contribution < -0.4 is 4.74 Å². The summed E-state index contributed by atoms with van der Waals surface area (Å²) in [6, 6.07) is 15.5. The van der Waals surface area contributed by atoms with Crippen molar-refractivity contribution in [1.29, 1.82) is 0 Å². The highest BCUT2D eigenvalue weighted by Gasteiger charge is 2.33. The van der Waals surface area contributed by atoms with Gasteiger partial charge < -0.3 is 14.7 Å². The van der Waals surface area contributed by atoms with E-state index in [1.807, 2.05) is 30.3 Å². The van der Waals surface area contributed by atoms with Crippen molar-refractivity contribution >= 4 is 9.84 Å². The number of aromatic hydroxyl groups is 1. The summed E-state index contributed by atoms with van der Waals surface area (Å²) in [7, 11) is -3.35. The summed E-state index contributed by atoms with van der Waals surface area (Å²) in [6.45, 7) is 2.78. The Kier molecular flexibility index (Phi) is 5.60. The number of nitrogens with zero attached hydrogens (tertiary/aromatic N) is 1. The summed E-state index contributed by atoms with van der Waals surface area (Å²) in [5.74, 6) is 0.933. The highest BCUT2D eigenvalue weighted by atomic mass is 32.2. The van der Waals surface area contributed by atoms with Crippen LogP contribution in [0.5, 0.6) is 11.5 Å². The topological polar surface area (TPSA) is 66.8 Å². The molecule has 1 aliphatic heterocycles. The van der Waals surface area contributed by atoms with Crippen molar-refractivity contribution in [1.82, 2.24) is 4.90 Å². The normalized spacial score (nSPS) is 18.3. The highest BCUT2D eigenvalue weighted by Crippen LogP contribution is 2.25.